The van der Waals surface area contributed by atoms with Crippen LogP contribution in [0.4, 0.5) is 0 Å². The van der Waals surface area contributed by atoms with Gasteiger partial charge in [-0.15, -0.1) is 0 Å². The monoisotopic (exact) mass is 428 g/mol. The molecule has 0 radical (unpaired) electrons. The van der Waals surface area contributed by atoms with E-state index in [-0.39, 0.29) is 5.91 Å². The van der Waals surface area contributed by atoms with Gasteiger partial charge < -0.3 is 14.8 Å². The number of hydrogen-bond acceptors (Lipinski definition) is 3. The van der Waals surface area contributed by atoms with Gasteiger partial charge in [0.05, 0.1) is 0 Å². The summed E-state index contributed by atoms with van der Waals surface area (Å²) < 4.78 is 0. The van der Waals surface area contributed by atoms with Crippen molar-refractivity contribution in [1.82, 2.24) is 19.8 Å². The number of imidazole rings is 1. The predicted molar refractivity (Wildman–Crippen MR) is 115 cm³/mol. The first kappa shape index (κ1) is 20.0. The number of likely N-dealkylation sites (N-methyl/N-ethyl adjacent to an activating group) is 1. The molecular weight excluding hydrogens is 407 g/mol. The number of nitrogens with one attached hydrogen (secondary N) is 1. The Balaban J connectivity index is 2.01. The Labute approximate surface area is 180 Å². The second-order valence-electron chi connectivity index (χ2n) is 7.24. The maximum atomic E-state index is 14.3. The van der Waals surface area contributed by atoms with Crippen LogP contribution in [-0.4, -0.2) is 58.9 Å². The largest absolute Gasteiger partial charge is 0.347 e. The van der Waals surface area contributed by atoms with Gasteiger partial charge in [-0.25, -0.2) is 4.98 Å². The van der Waals surface area contributed by atoms with Crippen molar-refractivity contribution < 1.29 is 4.79 Å². The fourth-order valence-electron chi connectivity index (χ4n) is 3.98. The lowest BCUT2D eigenvalue weighted by atomic mass is 9.72. The Morgan fingerprint density at radius 3 is 2.00 bits per heavy atom. The van der Waals surface area contributed by atoms with Crippen LogP contribution < -0.4 is 0 Å². The zero-order chi connectivity index (χ0) is 20.4. The molecule has 7 heteroatoms. The summed E-state index contributed by atoms with van der Waals surface area (Å²) in [4.78, 5) is 26.1. The van der Waals surface area contributed by atoms with E-state index in [4.69, 9.17) is 23.2 Å². The molecule has 0 unspecified atom stereocenters. The number of carbonyl (C=O) groups is 1. The van der Waals surface area contributed by atoms with Gasteiger partial charge in [-0.3, -0.25) is 4.79 Å². The summed E-state index contributed by atoms with van der Waals surface area (Å²) in [5.74, 6) is 0.421. The van der Waals surface area contributed by atoms with Gasteiger partial charge >= 0.3 is 0 Å². The SMILES string of the molecule is CN1CCN(C(=O)C(c2ncc[nH]2)(c2ccccc2Cl)c2ccccc2Cl)CC1. The third-order valence-electron chi connectivity index (χ3n) is 5.52. The Bertz CT molecular complexity index is 952. The van der Waals surface area contributed by atoms with Crippen LogP contribution in [0.3, 0.4) is 0 Å². The molecule has 0 saturated carbocycles. The summed E-state index contributed by atoms with van der Waals surface area (Å²) in [5.41, 5.74) is 0.0538. The first-order valence-electron chi connectivity index (χ1n) is 9.53. The minimum Gasteiger partial charge on any atom is -0.347 e. The van der Waals surface area contributed by atoms with Crippen molar-refractivity contribution in [2.45, 2.75) is 5.41 Å². The van der Waals surface area contributed by atoms with Crippen molar-refractivity contribution in [2.75, 3.05) is 33.2 Å². The van der Waals surface area contributed by atoms with E-state index in [1.54, 1.807) is 24.5 Å². The van der Waals surface area contributed by atoms with Crippen LogP contribution in [0, 0.1) is 0 Å². The van der Waals surface area contributed by atoms with Gasteiger partial charge in [-0.05, 0) is 30.3 Å². The van der Waals surface area contributed by atoms with Crippen molar-refractivity contribution >= 4 is 29.1 Å². The maximum Gasteiger partial charge on any atom is 0.245 e. The predicted octanol–water partition coefficient (Wildman–Crippen LogP) is 3.82. The molecular formula is C22H22Cl2N4O. The van der Waals surface area contributed by atoms with Gasteiger partial charge in [0.25, 0.3) is 0 Å². The number of H-pyrrole nitrogens is 1. The average Bonchev–Trinajstić information content (AvgIpc) is 3.26. The molecule has 2 heterocycles. The molecule has 1 N–H and O–H groups in total. The number of aromatic amines is 1. The van der Waals surface area contributed by atoms with E-state index in [1.165, 1.54) is 0 Å². The van der Waals surface area contributed by atoms with E-state index in [9.17, 15) is 4.79 Å². The summed E-state index contributed by atoms with van der Waals surface area (Å²) in [6, 6.07) is 14.8. The molecule has 150 valence electrons. The second-order valence-corrected chi connectivity index (χ2v) is 8.06. The topological polar surface area (TPSA) is 52.2 Å². The third kappa shape index (κ3) is 3.44. The van der Waals surface area contributed by atoms with Gasteiger partial charge in [0.15, 0.2) is 5.41 Å². The number of amides is 1. The first-order valence-corrected chi connectivity index (χ1v) is 10.3. The summed E-state index contributed by atoms with van der Waals surface area (Å²) in [6.45, 7) is 2.88. The molecule has 0 bridgehead atoms. The summed E-state index contributed by atoms with van der Waals surface area (Å²) in [6.07, 6.45) is 3.37. The Morgan fingerprint density at radius 1 is 0.966 bits per heavy atom. The molecule has 29 heavy (non-hydrogen) atoms. The van der Waals surface area contributed by atoms with Crippen molar-refractivity contribution in [3.8, 4) is 0 Å². The molecule has 1 amide bonds. The van der Waals surface area contributed by atoms with Gasteiger partial charge in [0, 0.05) is 48.6 Å². The van der Waals surface area contributed by atoms with Crippen molar-refractivity contribution in [3.05, 3.63) is 87.9 Å². The molecule has 4 rings (SSSR count). The van der Waals surface area contributed by atoms with E-state index in [0.29, 0.717) is 40.1 Å². The van der Waals surface area contributed by atoms with Gasteiger partial charge in [0.2, 0.25) is 5.91 Å². The third-order valence-corrected chi connectivity index (χ3v) is 6.18. The fraction of sp³-hybridized carbons (Fsp3) is 0.273. The molecule has 2 aromatic carbocycles. The highest BCUT2D eigenvalue weighted by atomic mass is 35.5. The van der Waals surface area contributed by atoms with Gasteiger partial charge in [-0.2, -0.15) is 0 Å². The number of nitrogens with zero attached hydrogens (tertiary/aromatic N) is 3. The zero-order valence-electron chi connectivity index (χ0n) is 16.1. The molecule has 5 nitrogen and oxygen atoms in total. The minimum absolute atomic E-state index is 0.0817. The molecule has 1 saturated heterocycles. The highest BCUT2D eigenvalue weighted by molar-refractivity contribution is 6.33. The second kappa shape index (κ2) is 8.19. The summed E-state index contributed by atoms with van der Waals surface area (Å²) in [7, 11) is 2.06. The van der Waals surface area contributed by atoms with Crippen LogP contribution in [0.5, 0.6) is 0 Å². The Morgan fingerprint density at radius 2 is 1.52 bits per heavy atom. The lowest BCUT2D eigenvalue weighted by Gasteiger charge is -2.40. The molecule has 1 aliphatic rings. The van der Waals surface area contributed by atoms with Crippen molar-refractivity contribution in [1.29, 1.82) is 0 Å². The van der Waals surface area contributed by atoms with E-state index >= 15 is 0 Å². The summed E-state index contributed by atoms with van der Waals surface area (Å²) in [5, 5.41) is 0.984. The van der Waals surface area contributed by atoms with Crippen molar-refractivity contribution in [2.24, 2.45) is 0 Å². The molecule has 0 atom stereocenters. The average molecular weight is 429 g/mol. The smallest absolute Gasteiger partial charge is 0.245 e. The maximum absolute atomic E-state index is 14.3. The molecule has 1 aliphatic heterocycles. The highest BCUT2D eigenvalue weighted by Crippen LogP contribution is 2.45. The first-order chi connectivity index (χ1) is 14.0. The highest BCUT2D eigenvalue weighted by Gasteiger charge is 2.50. The molecule has 1 aromatic heterocycles. The van der Waals surface area contributed by atoms with Gasteiger partial charge in [0.1, 0.15) is 5.82 Å². The molecule has 0 aliphatic carbocycles. The standard InChI is InChI=1S/C22H22Cl2N4O/c1-27-12-14-28(15-13-27)21(29)22(20-25-10-11-26-20,16-6-2-4-8-18(16)23)17-7-3-5-9-19(17)24/h2-11H,12-15H2,1H3,(H,25,26). The normalized spacial score (nSPS) is 15.5. The quantitative estimate of drug-likeness (QED) is 0.686. The number of piperazine rings is 1. The van der Waals surface area contributed by atoms with Gasteiger partial charge in [-0.1, -0.05) is 59.6 Å². The van der Waals surface area contributed by atoms with E-state index < -0.39 is 5.41 Å². The van der Waals surface area contributed by atoms with E-state index in [0.717, 1.165) is 13.1 Å². The van der Waals surface area contributed by atoms with Crippen LogP contribution in [-0.2, 0) is 10.2 Å². The van der Waals surface area contributed by atoms with E-state index in [2.05, 4.69) is 21.9 Å². The number of carbonyl (C=O) groups excluding carboxylic acids is 1. The number of rotatable bonds is 4. The molecule has 3 aromatic rings. The Hall–Kier alpha value is -2.34. The van der Waals surface area contributed by atoms with Crippen LogP contribution in [0.25, 0.3) is 0 Å². The number of halogens is 2. The molecule has 0 spiro atoms. The number of benzene rings is 2. The van der Waals surface area contributed by atoms with Crippen LogP contribution in [0.15, 0.2) is 60.9 Å². The van der Waals surface area contributed by atoms with Crippen molar-refractivity contribution in [3.63, 3.8) is 0 Å². The number of hydrogen-bond donors (Lipinski definition) is 1. The van der Waals surface area contributed by atoms with Crippen LogP contribution in [0.2, 0.25) is 10.0 Å². The summed E-state index contributed by atoms with van der Waals surface area (Å²) >= 11 is 13.3. The van der Waals surface area contributed by atoms with Crippen LogP contribution in [0.1, 0.15) is 17.0 Å². The fourth-order valence-corrected chi connectivity index (χ4v) is 4.53. The van der Waals surface area contributed by atoms with Crippen LogP contribution >= 0.6 is 23.2 Å². The lowest BCUT2D eigenvalue weighted by Crippen LogP contribution is -2.55. The zero-order valence-corrected chi connectivity index (χ0v) is 17.6. The lowest BCUT2D eigenvalue weighted by molar-refractivity contribution is -0.136. The Kier molecular flexibility index (Phi) is 5.63. The molecule has 1 fully saturated rings. The number of aromatic nitrogens is 2. The minimum atomic E-state index is -1.27. The van der Waals surface area contributed by atoms with E-state index in [1.807, 2.05) is 41.3 Å².